The van der Waals surface area contributed by atoms with Gasteiger partial charge in [0.25, 0.3) is 0 Å². The summed E-state index contributed by atoms with van der Waals surface area (Å²) in [5.41, 5.74) is 0. The highest BCUT2D eigenvalue weighted by atomic mass is 32.2. The van der Waals surface area contributed by atoms with Gasteiger partial charge >= 0.3 is 0 Å². The van der Waals surface area contributed by atoms with E-state index in [1.165, 1.54) is 19.3 Å². The molecule has 5 nitrogen and oxygen atoms in total. The third-order valence-electron chi connectivity index (χ3n) is 5.27. The molecule has 0 aliphatic carbocycles. The van der Waals surface area contributed by atoms with Crippen LogP contribution in [0.2, 0.25) is 0 Å². The van der Waals surface area contributed by atoms with Crippen molar-refractivity contribution in [1.82, 2.24) is 10.2 Å². The summed E-state index contributed by atoms with van der Waals surface area (Å²) >= 11 is 0. The third-order valence-corrected chi connectivity index (χ3v) is 7.11. The molecule has 0 radical (unpaired) electrons. The van der Waals surface area contributed by atoms with Crippen LogP contribution in [0, 0.1) is 11.8 Å². The first kappa shape index (κ1) is 15.3. The molecule has 3 atom stereocenters. The molecule has 3 rings (SSSR count). The average Bonchev–Trinajstić information content (AvgIpc) is 3.09. The molecule has 120 valence electrons. The van der Waals surface area contributed by atoms with Crippen LogP contribution in [0.5, 0.6) is 0 Å². The summed E-state index contributed by atoms with van der Waals surface area (Å²) in [5, 5.41) is 3.55. The Kier molecular flexibility index (Phi) is 4.54. The minimum Gasteiger partial charge on any atom is -0.342 e. The molecule has 0 aromatic rings. The summed E-state index contributed by atoms with van der Waals surface area (Å²) in [4.78, 5) is 14.4. The minimum atomic E-state index is -2.88. The number of hydrogen-bond donors (Lipinski definition) is 1. The fraction of sp³-hybridized carbons (Fsp3) is 0.933. The monoisotopic (exact) mass is 314 g/mol. The Morgan fingerprint density at radius 2 is 2.05 bits per heavy atom. The number of amides is 1. The fourth-order valence-corrected chi connectivity index (χ4v) is 5.95. The van der Waals surface area contributed by atoms with Crippen LogP contribution < -0.4 is 5.32 Å². The van der Waals surface area contributed by atoms with Crippen LogP contribution in [0.1, 0.15) is 38.5 Å². The van der Waals surface area contributed by atoms with Gasteiger partial charge in [-0.05, 0) is 50.5 Å². The molecule has 3 aliphatic heterocycles. The van der Waals surface area contributed by atoms with E-state index in [1.54, 1.807) is 0 Å². The molecule has 0 aromatic carbocycles. The van der Waals surface area contributed by atoms with Gasteiger partial charge in [0.2, 0.25) is 5.91 Å². The second-order valence-corrected chi connectivity index (χ2v) is 9.15. The smallest absolute Gasteiger partial charge is 0.222 e. The van der Waals surface area contributed by atoms with Crippen molar-refractivity contribution in [1.29, 1.82) is 0 Å². The molecular weight excluding hydrogens is 288 g/mol. The zero-order valence-corrected chi connectivity index (χ0v) is 13.4. The maximum Gasteiger partial charge on any atom is 0.222 e. The van der Waals surface area contributed by atoms with Crippen molar-refractivity contribution >= 4 is 15.7 Å². The van der Waals surface area contributed by atoms with Crippen LogP contribution in [0.15, 0.2) is 0 Å². The standard InChI is InChI=1S/C15H26N2O3S/c18-15(9-12-5-8-21(19,20)11-12)17-7-2-3-13(10-17)14-4-1-6-16-14/h12-14,16H,1-11H2. The second kappa shape index (κ2) is 6.24. The molecule has 3 aliphatic rings. The summed E-state index contributed by atoms with van der Waals surface area (Å²) in [7, 11) is -2.88. The number of nitrogens with one attached hydrogen (secondary N) is 1. The molecule has 6 heteroatoms. The number of carbonyl (C=O) groups is 1. The molecule has 1 amide bonds. The van der Waals surface area contributed by atoms with E-state index in [4.69, 9.17) is 0 Å². The van der Waals surface area contributed by atoms with Crippen molar-refractivity contribution in [3.05, 3.63) is 0 Å². The first-order valence-electron chi connectivity index (χ1n) is 8.25. The van der Waals surface area contributed by atoms with Crippen LogP contribution >= 0.6 is 0 Å². The molecule has 0 aromatic heterocycles. The van der Waals surface area contributed by atoms with Gasteiger partial charge in [0.1, 0.15) is 0 Å². The van der Waals surface area contributed by atoms with E-state index in [9.17, 15) is 13.2 Å². The molecule has 0 spiro atoms. The first-order chi connectivity index (χ1) is 10.0. The highest BCUT2D eigenvalue weighted by Gasteiger charge is 2.34. The molecule has 3 heterocycles. The predicted molar refractivity (Wildman–Crippen MR) is 81.7 cm³/mol. The molecule has 0 saturated carbocycles. The Bertz CT molecular complexity index is 485. The van der Waals surface area contributed by atoms with E-state index < -0.39 is 9.84 Å². The SMILES string of the molecule is O=C(CC1CCS(=O)(=O)C1)N1CCCC(C2CCCN2)C1. The maximum atomic E-state index is 12.4. The molecular formula is C15H26N2O3S. The van der Waals surface area contributed by atoms with Crippen LogP contribution in [0.3, 0.4) is 0 Å². The molecule has 0 bridgehead atoms. The number of carbonyl (C=O) groups excluding carboxylic acids is 1. The lowest BCUT2D eigenvalue weighted by Gasteiger charge is -2.36. The predicted octanol–water partition coefficient (Wildman–Crippen LogP) is 0.802. The molecule has 3 fully saturated rings. The van der Waals surface area contributed by atoms with Gasteiger partial charge in [-0.2, -0.15) is 0 Å². The zero-order valence-electron chi connectivity index (χ0n) is 12.6. The molecule has 3 unspecified atom stereocenters. The molecule has 1 N–H and O–H groups in total. The van der Waals surface area contributed by atoms with Gasteiger partial charge in [0.05, 0.1) is 11.5 Å². The van der Waals surface area contributed by atoms with Crippen molar-refractivity contribution < 1.29 is 13.2 Å². The van der Waals surface area contributed by atoms with Crippen LogP contribution in [-0.2, 0) is 14.6 Å². The van der Waals surface area contributed by atoms with E-state index in [1.807, 2.05) is 4.90 Å². The second-order valence-electron chi connectivity index (χ2n) is 6.92. The number of hydrogen-bond acceptors (Lipinski definition) is 4. The van der Waals surface area contributed by atoms with Crippen LogP contribution in [-0.4, -0.2) is 56.4 Å². The van der Waals surface area contributed by atoms with E-state index in [-0.39, 0.29) is 23.3 Å². The average molecular weight is 314 g/mol. The van der Waals surface area contributed by atoms with Crippen molar-refractivity contribution in [3.63, 3.8) is 0 Å². The summed E-state index contributed by atoms with van der Waals surface area (Å²) < 4.78 is 23.0. The summed E-state index contributed by atoms with van der Waals surface area (Å²) in [5.74, 6) is 1.27. The lowest BCUT2D eigenvalue weighted by atomic mass is 9.89. The van der Waals surface area contributed by atoms with Crippen molar-refractivity contribution in [3.8, 4) is 0 Å². The minimum absolute atomic E-state index is 0.0486. The Labute approximate surface area is 127 Å². The Balaban J connectivity index is 1.52. The van der Waals surface area contributed by atoms with Crippen LogP contribution in [0.4, 0.5) is 0 Å². The Hall–Kier alpha value is -0.620. The summed E-state index contributed by atoms with van der Waals surface area (Å²) in [6.07, 6.45) is 5.85. The van der Waals surface area contributed by atoms with E-state index in [2.05, 4.69) is 5.32 Å². The molecule has 21 heavy (non-hydrogen) atoms. The van der Waals surface area contributed by atoms with E-state index >= 15 is 0 Å². The number of likely N-dealkylation sites (tertiary alicyclic amines) is 1. The quantitative estimate of drug-likeness (QED) is 0.837. The highest BCUT2D eigenvalue weighted by molar-refractivity contribution is 7.91. The number of nitrogens with zero attached hydrogens (tertiary/aromatic N) is 1. The van der Waals surface area contributed by atoms with Gasteiger partial charge in [-0.1, -0.05) is 0 Å². The number of sulfone groups is 1. The van der Waals surface area contributed by atoms with E-state index in [0.29, 0.717) is 24.8 Å². The van der Waals surface area contributed by atoms with E-state index in [0.717, 1.165) is 26.1 Å². The van der Waals surface area contributed by atoms with Crippen molar-refractivity contribution in [2.75, 3.05) is 31.1 Å². The summed E-state index contributed by atoms with van der Waals surface area (Å²) in [6.45, 7) is 2.81. The normalized spacial score (nSPS) is 36.0. The topological polar surface area (TPSA) is 66.5 Å². The van der Waals surface area contributed by atoms with Crippen molar-refractivity contribution in [2.24, 2.45) is 11.8 Å². The highest BCUT2D eigenvalue weighted by Crippen LogP contribution is 2.27. The maximum absolute atomic E-state index is 12.4. The number of rotatable bonds is 3. The van der Waals surface area contributed by atoms with Gasteiger partial charge in [0, 0.05) is 25.6 Å². The van der Waals surface area contributed by atoms with Crippen LogP contribution in [0.25, 0.3) is 0 Å². The lowest BCUT2D eigenvalue weighted by Crippen LogP contribution is -2.46. The van der Waals surface area contributed by atoms with Gasteiger partial charge in [0.15, 0.2) is 9.84 Å². The third kappa shape index (κ3) is 3.77. The Morgan fingerprint density at radius 1 is 1.19 bits per heavy atom. The van der Waals surface area contributed by atoms with Gasteiger partial charge < -0.3 is 10.2 Å². The summed E-state index contributed by atoms with van der Waals surface area (Å²) in [6, 6.07) is 0.576. The first-order valence-corrected chi connectivity index (χ1v) is 10.1. The van der Waals surface area contributed by atoms with Gasteiger partial charge in [-0.25, -0.2) is 8.42 Å². The van der Waals surface area contributed by atoms with Gasteiger partial charge in [-0.3, -0.25) is 4.79 Å². The zero-order chi connectivity index (χ0) is 14.9. The fourth-order valence-electron chi connectivity index (χ4n) is 4.09. The largest absolute Gasteiger partial charge is 0.342 e. The van der Waals surface area contributed by atoms with Gasteiger partial charge in [-0.15, -0.1) is 0 Å². The van der Waals surface area contributed by atoms with Crippen molar-refractivity contribution in [2.45, 2.75) is 44.6 Å². The lowest BCUT2D eigenvalue weighted by molar-refractivity contribution is -0.134. The number of piperidine rings is 1. The Morgan fingerprint density at radius 3 is 2.71 bits per heavy atom. The molecule has 3 saturated heterocycles.